The maximum atomic E-state index is 4.36. The Hall–Kier alpha value is -0.170. The van der Waals surface area contributed by atoms with E-state index in [4.69, 9.17) is 0 Å². The van der Waals surface area contributed by atoms with E-state index >= 15 is 0 Å². The smallest absolute Gasteiger partial charge is 0.113 e. The summed E-state index contributed by atoms with van der Waals surface area (Å²) in [6.07, 6.45) is 1.75. The molecule has 0 radical (unpaired) electrons. The molecule has 5 heteroatoms. The van der Waals surface area contributed by atoms with E-state index in [1.165, 1.54) is 0 Å². The summed E-state index contributed by atoms with van der Waals surface area (Å²) in [7, 11) is 9.79. The minimum atomic E-state index is 0. The third kappa shape index (κ3) is 11.8. The van der Waals surface area contributed by atoms with Crippen molar-refractivity contribution in [3.05, 3.63) is 0 Å². The molecule has 0 aromatic heterocycles. The van der Waals surface area contributed by atoms with Gasteiger partial charge in [0, 0.05) is 14.1 Å². The molecule has 0 N–H and O–H groups in total. The average Bonchev–Trinajstić information content (AvgIpc) is 1.79. The van der Waals surface area contributed by atoms with Crippen molar-refractivity contribution in [2.24, 2.45) is 10.2 Å². The third-order valence-corrected chi connectivity index (χ3v) is 0.933. The Balaban J connectivity index is 0. The van der Waals surface area contributed by atoms with Crippen molar-refractivity contribution >= 4 is 11.9 Å². The summed E-state index contributed by atoms with van der Waals surface area (Å²) in [5.41, 5.74) is 0.927. The van der Waals surface area contributed by atoms with Crippen molar-refractivity contribution in [3.63, 3.8) is 0 Å². The van der Waals surface area contributed by atoms with Crippen LogP contribution in [0.15, 0.2) is 10.2 Å². The van der Waals surface area contributed by atoms with Crippen LogP contribution in [0.4, 0.5) is 0 Å². The molecule has 0 heterocycles. The maximum absolute atomic E-state index is 4.36. The van der Waals surface area contributed by atoms with E-state index in [9.17, 15) is 0 Å². The van der Waals surface area contributed by atoms with Crippen LogP contribution in [0.25, 0.3) is 0 Å². The van der Waals surface area contributed by atoms with Crippen LogP contribution in [0.3, 0.4) is 0 Å². The number of rotatable bonds is 3. The summed E-state index contributed by atoms with van der Waals surface area (Å²) in [5, 5.41) is 10.2. The summed E-state index contributed by atoms with van der Waals surface area (Å²) in [4.78, 5) is 0. The van der Waals surface area contributed by atoms with E-state index in [0.717, 1.165) is 5.71 Å². The first kappa shape index (κ1) is 15.3. The van der Waals surface area contributed by atoms with E-state index in [0.29, 0.717) is 4.59 Å². The molecule has 0 aliphatic heterocycles. The van der Waals surface area contributed by atoms with Crippen molar-refractivity contribution in [2.75, 3.05) is 35.2 Å². The molecule has 0 saturated heterocycles. The summed E-state index contributed by atoms with van der Waals surface area (Å²) in [6.45, 7) is 1.94. The largest absolute Gasteiger partial charge is 1.00 e. The lowest BCUT2D eigenvalue weighted by Crippen LogP contribution is -3.00. The van der Waals surface area contributed by atoms with E-state index in [-0.39, 0.29) is 24.0 Å². The maximum Gasteiger partial charge on any atom is 0.113 e. The number of quaternary nitrogens is 1. The van der Waals surface area contributed by atoms with Crippen LogP contribution in [-0.4, -0.2) is 56.8 Å². The predicted octanol–water partition coefficient (Wildman–Crippen LogP) is -2.38. The zero-order valence-electron chi connectivity index (χ0n) is 9.24. The summed E-state index contributed by atoms with van der Waals surface area (Å²) < 4.78 is 0.575. The SMILES string of the molecule is CC(/C=N/N(C)C)=N/[N+](C)(C)C.[I-]. The first-order valence-electron chi connectivity index (χ1n) is 3.91. The van der Waals surface area contributed by atoms with E-state index in [2.05, 4.69) is 10.2 Å². The topological polar surface area (TPSA) is 28.0 Å². The van der Waals surface area contributed by atoms with Crippen molar-refractivity contribution in [2.45, 2.75) is 6.92 Å². The second kappa shape index (κ2) is 6.31. The molecule has 0 spiro atoms. The van der Waals surface area contributed by atoms with Crippen molar-refractivity contribution in [3.8, 4) is 0 Å². The highest BCUT2D eigenvalue weighted by Gasteiger charge is 2.03. The Morgan fingerprint density at radius 2 is 1.69 bits per heavy atom. The molecular weight excluding hydrogens is 279 g/mol. The lowest BCUT2D eigenvalue weighted by Gasteiger charge is -2.15. The van der Waals surface area contributed by atoms with Gasteiger partial charge in [-0.15, -0.1) is 0 Å². The Labute approximate surface area is 97.9 Å². The van der Waals surface area contributed by atoms with E-state index in [1.807, 2.05) is 42.2 Å². The fraction of sp³-hybridized carbons (Fsp3) is 0.750. The molecule has 0 saturated carbocycles. The van der Waals surface area contributed by atoms with Crippen LogP contribution in [-0.2, 0) is 0 Å². The number of hydrazone groups is 1. The monoisotopic (exact) mass is 298 g/mol. The fourth-order valence-corrected chi connectivity index (χ4v) is 0.698. The minimum absolute atomic E-state index is 0. The van der Waals surface area contributed by atoms with Crippen LogP contribution < -0.4 is 24.0 Å². The van der Waals surface area contributed by atoms with Gasteiger partial charge in [0.1, 0.15) is 5.71 Å². The second-order valence-electron chi connectivity index (χ2n) is 3.77. The van der Waals surface area contributed by atoms with Crippen molar-refractivity contribution in [1.29, 1.82) is 0 Å². The zero-order valence-corrected chi connectivity index (χ0v) is 11.4. The summed E-state index contributed by atoms with van der Waals surface area (Å²) in [5.74, 6) is 0. The highest BCUT2D eigenvalue weighted by Crippen LogP contribution is 1.91. The Kier molecular flexibility index (Phi) is 7.43. The molecule has 0 aromatic rings. The van der Waals surface area contributed by atoms with Gasteiger partial charge in [0.05, 0.1) is 27.4 Å². The van der Waals surface area contributed by atoms with Gasteiger partial charge in [0.25, 0.3) is 0 Å². The van der Waals surface area contributed by atoms with Crippen molar-refractivity contribution < 1.29 is 28.6 Å². The third-order valence-electron chi connectivity index (χ3n) is 0.933. The predicted molar refractivity (Wildman–Crippen MR) is 53.3 cm³/mol. The molecule has 4 nitrogen and oxygen atoms in total. The average molecular weight is 298 g/mol. The molecule has 0 fully saturated rings. The first-order valence-corrected chi connectivity index (χ1v) is 3.91. The van der Waals surface area contributed by atoms with Crippen LogP contribution >= 0.6 is 0 Å². The molecule has 0 aliphatic rings. The van der Waals surface area contributed by atoms with Crippen molar-refractivity contribution in [1.82, 2.24) is 5.01 Å². The molecule has 0 bridgehead atoms. The number of hydrogen-bond donors (Lipinski definition) is 0. The summed E-state index contributed by atoms with van der Waals surface area (Å²) >= 11 is 0. The first-order chi connectivity index (χ1) is 5.31. The fourth-order valence-electron chi connectivity index (χ4n) is 0.698. The van der Waals surface area contributed by atoms with Gasteiger partial charge in [-0.1, -0.05) is 5.10 Å². The second-order valence-corrected chi connectivity index (χ2v) is 3.77. The van der Waals surface area contributed by atoms with Crippen LogP contribution in [0.5, 0.6) is 0 Å². The lowest BCUT2D eigenvalue weighted by molar-refractivity contribution is -0.876. The Morgan fingerprint density at radius 3 is 2.00 bits per heavy atom. The van der Waals surface area contributed by atoms with Gasteiger partial charge in [-0.3, -0.25) is 0 Å². The molecular formula is C8H19IN4. The molecule has 0 unspecified atom stereocenters. The van der Waals surface area contributed by atoms with E-state index in [1.54, 1.807) is 11.2 Å². The Morgan fingerprint density at radius 1 is 1.23 bits per heavy atom. The standard InChI is InChI=1S/C8H19N4.HI/c1-8(7-9-11(2)3)10-12(4,5)6;/h7H,1-6H3;1H/q+1;/p-1/b9-7+,10-8-;. The molecule has 0 rings (SSSR count). The van der Waals surface area contributed by atoms with Crippen LogP contribution in [0, 0.1) is 0 Å². The summed E-state index contributed by atoms with van der Waals surface area (Å²) in [6, 6.07) is 0. The van der Waals surface area contributed by atoms with Gasteiger partial charge in [0.2, 0.25) is 0 Å². The number of hydrogen-bond acceptors (Lipinski definition) is 3. The van der Waals surface area contributed by atoms with Gasteiger partial charge in [-0.05, 0) is 6.92 Å². The van der Waals surface area contributed by atoms with Gasteiger partial charge in [-0.2, -0.15) is 5.10 Å². The molecule has 0 aliphatic carbocycles. The zero-order chi connectivity index (χ0) is 9.78. The molecule has 0 amide bonds. The van der Waals surface area contributed by atoms with Crippen LogP contribution in [0.2, 0.25) is 0 Å². The number of halogens is 1. The minimum Gasteiger partial charge on any atom is -1.00 e. The molecule has 78 valence electrons. The molecule has 0 atom stereocenters. The van der Waals surface area contributed by atoms with Gasteiger partial charge < -0.3 is 29.0 Å². The van der Waals surface area contributed by atoms with Gasteiger partial charge >= 0.3 is 0 Å². The Bertz CT molecular complexity index is 191. The van der Waals surface area contributed by atoms with Crippen LogP contribution in [0.1, 0.15) is 6.92 Å². The molecule has 0 aromatic carbocycles. The highest BCUT2D eigenvalue weighted by atomic mass is 127. The van der Waals surface area contributed by atoms with Gasteiger partial charge in [0.15, 0.2) is 0 Å². The normalized spacial score (nSPS) is 12.9. The van der Waals surface area contributed by atoms with E-state index < -0.39 is 0 Å². The lowest BCUT2D eigenvalue weighted by atomic mass is 10.5. The highest BCUT2D eigenvalue weighted by molar-refractivity contribution is 6.29. The molecule has 13 heavy (non-hydrogen) atoms. The quantitative estimate of drug-likeness (QED) is 0.247. The number of nitrogens with zero attached hydrogens (tertiary/aromatic N) is 4. The van der Waals surface area contributed by atoms with Gasteiger partial charge in [-0.25, -0.2) is 4.59 Å².